The number of anilines is 2. The molecule has 0 aliphatic rings. The molecule has 1 aromatic rings. The van der Waals surface area contributed by atoms with Crippen LogP contribution in [0.5, 0.6) is 0 Å². The molecule has 0 heterocycles. The highest BCUT2D eigenvalue weighted by atomic mass is 19.1. The summed E-state index contributed by atoms with van der Waals surface area (Å²) in [6.45, 7) is 6.09. The third-order valence-electron chi connectivity index (χ3n) is 2.34. The lowest BCUT2D eigenvalue weighted by atomic mass is 10.1. The second kappa shape index (κ2) is 3.48. The maximum absolute atomic E-state index is 13.5. The van der Waals surface area contributed by atoms with Crippen LogP contribution in [0.1, 0.15) is 20.8 Å². The fraction of sp³-hybridized carbons (Fsp3) is 0.455. The smallest absolute Gasteiger partial charge is 0.148 e. The summed E-state index contributed by atoms with van der Waals surface area (Å²) in [4.78, 5) is 1.89. The van der Waals surface area contributed by atoms with Gasteiger partial charge < -0.3 is 10.6 Å². The highest BCUT2D eigenvalue weighted by molar-refractivity contribution is 5.55. The highest BCUT2D eigenvalue weighted by Crippen LogP contribution is 2.25. The first-order chi connectivity index (χ1) is 6.32. The van der Waals surface area contributed by atoms with E-state index in [1.165, 1.54) is 6.07 Å². The van der Waals surface area contributed by atoms with Crippen molar-refractivity contribution in [1.29, 1.82) is 0 Å². The third kappa shape index (κ3) is 2.16. The number of hydrogen-bond donors (Lipinski definition) is 1. The summed E-state index contributed by atoms with van der Waals surface area (Å²) in [5.74, 6) is -0.276. The molecule has 2 nitrogen and oxygen atoms in total. The Bertz CT molecular complexity index is 329. The fourth-order valence-electron chi connectivity index (χ4n) is 1.16. The molecule has 78 valence electrons. The van der Waals surface area contributed by atoms with Gasteiger partial charge in [0, 0.05) is 18.3 Å². The standard InChI is InChI=1S/C11H17FN2/c1-11(2,3)14(4)10-6-5-8(13)7-9(10)12/h5-7H,13H2,1-4H3. The van der Waals surface area contributed by atoms with Gasteiger partial charge in [0.15, 0.2) is 0 Å². The Balaban J connectivity index is 3.08. The van der Waals surface area contributed by atoms with Crippen molar-refractivity contribution in [1.82, 2.24) is 0 Å². The highest BCUT2D eigenvalue weighted by Gasteiger charge is 2.19. The van der Waals surface area contributed by atoms with Crippen LogP contribution in [0.4, 0.5) is 15.8 Å². The molecule has 0 unspecified atom stereocenters. The molecule has 0 amide bonds. The molecular formula is C11H17FN2. The lowest BCUT2D eigenvalue weighted by Crippen LogP contribution is -2.38. The lowest BCUT2D eigenvalue weighted by Gasteiger charge is -2.34. The van der Waals surface area contributed by atoms with E-state index in [1.54, 1.807) is 12.1 Å². The molecule has 0 aliphatic carbocycles. The van der Waals surface area contributed by atoms with Crippen molar-refractivity contribution >= 4 is 11.4 Å². The summed E-state index contributed by atoms with van der Waals surface area (Å²) >= 11 is 0. The summed E-state index contributed by atoms with van der Waals surface area (Å²) < 4.78 is 13.5. The van der Waals surface area contributed by atoms with Crippen LogP contribution in [0.3, 0.4) is 0 Å². The maximum atomic E-state index is 13.5. The minimum absolute atomic E-state index is 0.100. The van der Waals surface area contributed by atoms with Gasteiger partial charge in [0.25, 0.3) is 0 Å². The largest absolute Gasteiger partial charge is 0.399 e. The van der Waals surface area contributed by atoms with Crippen LogP contribution in [0.15, 0.2) is 18.2 Å². The zero-order chi connectivity index (χ0) is 10.9. The van der Waals surface area contributed by atoms with Crippen LogP contribution in [0.2, 0.25) is 0 Å². The van der Waals surface area contributed by atoms with E-state index >= 15 is 0 Å². The minimum Gasteiger partial charge on any atom is -0.399 e. The molecule has 0 aromatic heterocycles. The average Bonchev–Trinajstić information content (AvgIpc) is 2.01. The number of nitrogens with two attached hydrogens (primary N) is 1. The number of benzene rings is 1. The molecular weight excluding hydrogens is 179 g/mol. The van der Waals surface area contributed by atoms with Gasteiger partial charge in [0.1, 0.15) is 5.82 Å². The second-order valence-electron chi connectivity index (χ2n) is 4.44. The van der Waals surface area contributed by atoms with Crippen LogP contribution in [0, 0.1) is 5.82 Å². The molecule has 14 heavy (non-hydrogen) atoms. The normalized spacial score (nSPS) is 11.5. The number of rotatable bonds is 1. The van der Waals surface area contributed by atoms with Crippen LogP contribution >= 0.6 is 0 Å². The van der Waals surface area contributed by atoms with Crippen LogP contribution in [-0.2, 0) is 0 Å². The molecule has 2 N–H and O–H groups in total. The van der Waals surface area contributed by atoms with E-state index in [-0.39, 0.29) is 11.4 Å². The van der Waals surface area contributed by atoms with Crippen molar-refractivity contribution in [2.45, 2.75) is 26.3 Å². The quantitative estimate of drug-likeness (QED) is 0.700. The summed E-state index contributed by atoms with van der Waals surface area (Å²) in [6.07, 6.45) is 0. The number of nitrogen functional groups attached to an aromatic ring is 1. The molecule has 1 aromatic carbocycles. The summed E-state index contributed by atoms with van der Waals surface area (Å²) in [6, 6.07) is 4.76. The Hall–Kier alpha value is -1.25. The Morgan fingerprint density at radius 2 is 1.86 bits per heavy atom. The summed E-state index contributed by atoms with van der Waals surface area (Å²) in [5, 5.41) is 0. The molecule has 0 saturated carbocycles. The van der Waals surface area contributed by atoms with Gasteiger partial charge in [0.2, 0.25) is 0 Å². The summed E-state index contributed by atoms with van der Waals surface area (Å²) in [5.41, 5.74) is 6.41. The molecule has 0 aliphatic heterocycles. The van der Waals surface area contributed by atoms with Gasteiger partial charge in [-0.25, -0.2) is 4.39 Å². The van der Waals surface area contributed by atoms with Crippen molar-refractivity contribution in [3.05, 3.63) is 24.0 Å². The van der Waals surface area contributed by atoms with Crippen LogP contribution in [-0.4, -0.2) is 12.6 Å². The van der Waals surface area contributed by atoms with Crippen molar-refractivity contribution in [3.63, 3.8) is 0 Å². The Morgan fingerprint density at radius 1 is 1.29 bits per heavy atom. The minimum atomic E-state index is -0.276. The number of halogens is 1. The van der Waals surface area contributed by atoms with E-state index in [1.807, 2.05) is 32.7 Å². The first-order valence-electron chi connectivity index (χ1n) is 4.61. The lowest BCUT2D eigenvalue weighted by molar-refractivity contribution is 0.522. The predicted octanol–water partition coefficient (Wildman–Crippen LogP) is 2.64. The van der Waals surface area contributed by atoms with Crippen molar-refractivity contribution < 1.29 is 4.39 Å². The van der Waals surface area contributed by atoms with E-state index in [9.17, 15) is 4.39 Å². The fourth-order valence-corrected chi connectivity index (χ4v) is 1.16. The Kier molecular flexibility index (Phi) is 2.69. The second-order valence-corrected chi connectivity index (χ2v) is 4.44. The average molecular weight is 196 g/mol. The zero-order valence-corrected chi connectivity index (χ0v) is 9.13. The molecule has 1 rings (SSSR count). The predicted molar refractivity (Wildman–Crippen MR) is 59.0 cm³/mol. The van der Waals surface area contributed by atoms with Crippen LogP contribution < -0.4 is 10.6 Å². The molecule has 0 atom stereocenters. The van der Waals surface area contributed by atoms with Gasteiger partial charge in [-0.3, -0.25) is 0 Å². The van der Waals surface area contributed by atoms with Crippen molar-refractivity contribution in [3.8, 4) is 0 Å². The monoisotopic (exact) mass is 196 g/mol. The SMILES string of the molecule is CN(c1ccc(N)cc1F)C(C)(C)C. The van der Waals surface area contributed by atoms with Crippen molar-refractivity contribution in [2.24, 2.45) is 0 Å². The van der Waals surface area contributed by atoms with E-state index in [4.69, 9.17) is 5.73 Å². The Morgan fingerprint density at radius 3 is 2.29 bits per heavy atom. The van der Waals surface area contributed by atoms with Gasteiger partial charge in [-0.15, -0.1) is 0 Å². The van der Waals surface area contributed by atoms with Gasteiger partial charge in [-0.2, -0.15) is 0 Å². The molecule has 3 heteroatoms. The van der Waals surface area contributed by atoms with Gasteiger partial charge in [0.05, 0.1) is 5.69 Å². The molecule has 0 spiro atoms. The van der Waals surface area contributed by atoms with E-state index in [0.29, 0.717) is 11.4 Å². The topological polar surface area (TPSA) is 29.3 Å². The molecule has 0 bridgehead atoms. The first-order valence-corrected chi connectivity index (χ1v) is 4.61. The Labute approximate surface area is 84.5 Å². The molecule has 0 saturated heterocycles. The molecule has 0 radical (unpaired) electrons. The third-order valence-corrected chi connectivity index (χ3v) is 2.34. The van der Waals surface area contributed by atoms with Crippen molar-refractivity contribution in [2.75, 3.05) is 17.7 Å². The number of hydrogen-bond acceptors (Lipinski definition) is 2. The van der Waals surface area contributed by atoms with Gasteiger partial charge in [-0.1, -0.05) is 0 Å². The number of nitrogens with zero attached hydrogens (tertiary/aromatic N) is 1. The van der Waals surface area contributed by atoms with E-state index < -0.39 is 0 Å². The maximum Gasteiger partial charge on any atom is 0.148 e. The van der Waals surface area contributed by atoms with E-state index in [2.05, 4.69) is 0 Å². The van der Waals surface area contributed by atoms with Crippen LogP contribution in [0.25, 0.3) is 0 Å². The van der Waals surface area contributed by atoms with Gasteiger partial charge in [-0.05, 0) is 39.0 Å². The zero-order valence-electron chi connectivity index (χ0n) is 9.13. The summed E-state index contributed by atoms with van der Waals surface area (Å²) in [7, 11) is 1.87. The molecule has 0 fully saturated rings. The first kappa shape index (κ1) is 10.8. The van der Waals surface area contributed by atoms with Gasteiger partial charge >= 0.3 is 0 Å². The van der Waals surface area contributed by atoms with E-state index in [0.717, 1.165) is 0 Å².